The summed E-state index contributed by atoms with van der Waals surface area (Å²) in [6, 6.07) is 15.2. The Morgan fingerprint density at radius 3 is 2.53 bits per heavy atom. The van der Waals surface area contributed by atoms with Crippen molar-refractivity contribution >= 4 is 0 Å². The Hall–Kier alpha value is -1.67. The third-order valence-electron chi connectivity index (χ3n) is 3.27. The first-order valence-corrected chi connectivity index (χ1v) is 6.69. The lowest BCUT2D eigenvalue weighted by molar-refractivity contribution is 0.599. The first-order valence-electron chi connectivity index (χ1n) is 6.69. The summed E-state index contributed by atoms with van der Waals surface area (Å²) in [7, 11) is 0. The van der Waals surface area contributed by atoms with E-state index in [1.807, 2.05) is 6.07 Å². The molecular weight excluding hydrogens is 237 g/mol. The van der Waals surface area contributed by atoms with Gasteiger partial charge >= 0.3 is 0 Å². The first-order chi connectivity index (χ1) is 9.13. The minimum atomic E-state index is -0.191. The molecule has 0 spiro atoms. The fourth-order valence-electron chi connectivity index (χ4n) is 2.29. The largest absolute Gasteiger partial charge is 0.327 e. The molecule has 0 saturated heterocycles. The van der Waals surface area contributed by atoms with E-state index < -0.39 is 0 Å². The Balaban J connectivity index is 1.86. The van der Waals surface area contributed by atoms with E-state index in [0.717, 1.165) is 24.8 Å². The van der Waals surface area contributed by atoms with E-state index in [0.29, 0.717) is 0 Å². The molecule has 0 aliphatic rings. The maximum atomic E-state index is 13.1. The van der Waals surface area contributed by atoms with Crippen molar-refractivity contribution in [3.63, 3.8) is 0 Å². The van der Waals surface area contributed by atoms with Gasteiger partial charge in [-0.1, -0.05) is 42.0 Å². The highest BCUT2D eigenvalue weighted by atomic mass is 19.1. The fourth-order valence-corrected chi connectivity index (χ4v) is 2.29. The summed E-state index contributed by atoms with van der Waals surface area (Å²) in [5.74, 6) is -0.191. The molecule has 1 atom stereocenters. The van der Waals surface area contributed by atoms with Crippen molar-refractivity contribution in [3.8, 4) is 0 Å². The van der Waals surface area contributed by atoms with Gasteiger partial charge in [0.2, 0.25) is 0 Å². The van der Waals surface area contributed by atoms with Crippen LogP contribution in [-0.4, -0.2) is 6.04 Å². The van der Waals surface area contributed by atoms with E-state index in [9.17, 15) is 4.39 Å². The average molecular weight is 257 g/mol. The average Bonchev–Trinajstić information content (AvgIpc) is 2.36. The zero-order chi connectivity index (χ0) is 13.7. The zero-order valence-electron chi connectivity index (χ0n) is 11.3. The van der Waals surface area contributed by atoms with Crippen LogP contribution in [0.2, 0.25) is 0 Å². The molecule has 2 rings (SSSR count). The molecule has 0 heterocycles. The predicted octanol–water partition coefficient (Wildman–Crippen LogP) is 3.64. The Bertz CT molecular complexity index is 536. The number of benzene rings is 2. The molecule has 2 N–H and O–H groups in total. The van der Waals surface area contributed by atoms with Gasteiger partial charge in [-0.3, -0.25) is 0 Å². The third-order valence-corrected chi connectivity index (χ3v) is 3.27. The molecule has 0 fully saturated rings. The molecule has 0 amide bonds. The van der Waals surface area contributed by atoms with Crippen molar-refractivity contribution in [2.75, 3.05) is 0 Å². The molecule has 0 radical (unpaired) electrons. The van der Waals surface area contributed by atoms with Gasteiger partial charge in [0, 0.05) is 6.04 Å². The van der Waals surface area contributed by atoms with Crippen LogP contribution in [0, 0.1) is 12.7 Å². The standard InChI is InChI=1S/C17H20FN/c1-13-4-2-5-14(10-13)8-9-17(19)12-15-6-3-7-16(18)11-15/h2-7,10-11,17H,8-9,12,19H2,1H3. The van der Waals surface area contributed by atoms with Gasteiger partial charge in [0.15, 0.2) is 0 Å². The second kappa shape index (κ2) is 6.48. The van der Waals surface area contributed by atoms with Crippen LogP contribution in [-0.2, 0) is 12.8 Å². The SMILES string of the molecule is Cc1cccc(CCC(N)Cc2cccc(F)c2)c1. The van der Waals surface area contributed by atoms with Gasteiger partial charge in [-0.2, -0.15) is 0 Å². The van der Waals surface area contributed by atoms with Crippen molar-refractivity contribution in [2.45, 2.75) is 32.2 Å². The lowest BCUT2D eigenvalue weighted by Crippen LogP contribution is -2.23. The zero-order valence-corrected chi connectivity index (χ0v) is 11.3. The van der Waals surface area contributed by atoms with Crippen molar-refractivity contribution in [1.29, 1.82) is 0 Å². The van der Waals surface area contributed by atoms with Crippen LogP contribution in [0.15, 0.2) is 48.5 Å². The van der Waals surface area contributed by atoms with Crippen molar-refractivity contribution in [2.24, 2.45) is 5.73 Å². The van der Waals surface area contributed by atoms with Crippen LogP contribution in [0.1, 0.15) is 23.1 Å². The number of halogens is 1. The second-order valence-corrected chi connectivity index (χ2v) is 5.12. The van der Waals surface area contributed by atoms with Gasteiger partial charge in [0.05, 0.1) is 0 Å². The van der Waals surface area contributed by atoms with Crippen LogP contribution in [0.5, 0.6) is 0 Å². The van der Waals surface area contributed by atoms with Crippen LogP contribution in [0.25, 0.3) is 0 Å². The minimum absolute atomic E-state index is 0.0716. The molecule has 100 valence electrons. The normalized spacial score (nSPS) is 12.4. The summed E-state index contributed by atoms with van der Waals surface area (Å²) < 4.78 is 13.1. The maximum absolute atomic E-state index is 13.1. The second-order valence-electron chi connectivity index (χ2n) is 5.12. The molecule has 19 heavy (non-hydrogen) atoms. The smallest absolute Gasteiger partial charge is 0.123 e. The quantitative estimate of drug-likeness (QED) is 0.869. The highest BCUT2D eigenvalue weighted by Gasteiger charge is 2.05. The number of nitrogens with two attached hydrogens (primary N) is 1. The van der Waals surface area contributed by atoms with Crippen molar-refractivity contribution < 1.29 is 4.39 Å². The summed E-state index contributed by atoms with van der Waals surface area (Å²) >= 11 is 0. The van der Waals surface area contributed by atoms with Crippen LogP contribution in [0.4, 0.5) is 4.39 Å². The third kappa shape index (κ3) is 4.49. The number of hydrogen-bond acceptors (Lipinski definition) is 1. The van der Waals surface area contributed by atoms with Gasteiger partial charge in [-0.15, -0.1) is 0 Å². The number of aryl methyl sites for hydroxylation is 2. The molecule has 0 saturated carbocycles. The number of rotatable bonds is 5. The summed E-state index contributed by atoms with van der Waals surface area (Å²) in [4.78, 5) is 0. The van der Waals surface area contributed by atoms with Crippen LogP contribution in [0.3, 0.4) is 0 Å². The Kier molecular flexibility index (Phi) is 4.69. The molecular formula is C17H20FN. The maximum Gasteiger partial charge on any atom is 0.123 e. The molecule has 0 aromatic heterocycles. The topological polar surface area (TPSA) is 26.0 Å². The molecule has 1 unspecified atom stereocenters. The van der Waals surface area contributed by atoms with Gasteiger partial charge < -0.3 is 5.73 Å². The van der Waals surface area contributed by atoms with Crippen LogP contribution < -0.4 is 5.73 Å². The highest BCUT2D eigenvalue weighted by Crippen LogP contribution is 2.11. The Labute approximate surface area is 114 Å². The molecule has 0 aliphatic carbocycles. The summed E-state index contributed by atoms with van der Waals surface area (Å²) in [6.07, 6.45) is 2.61. The van der Waals surface area contributed by atoms with Gasteiger partial charge in [0.25, 0.3) is 0 Å². The van der Waals surface area contributed by atoms with E-state index in [1.165, 1.54) is 17.2 Å². The summed E-state index contributed by atoms with van der Waals surface area (Å²) in [6.45, 7) is 2.09. The molecule has 0 bridgehead atoms. The summed E-state index contributed by atoms with van der Waals surface area (Å²) in [5.41, 5.74) is 9.68. The van der Waals surface area contributed by atoms with Crippen molar-refractivity contribution in [3.05, 3.63) is 71.0 Å². The van der Waals surface area contributed by atoms with Crippen LogP contribution >= 0.6 is 0 Å². The van der Waals surface area contributed by atoms with E-state index in [-0.39, 0.29) is 11.9 Å². The molecule has 2 aromatic rings. The summed E-state index contributed by atoms with van der Waals surface area (Å²) in [5, 5.41) is 0. The van der Waals surface area contributed by atoms with E-state index in [1.54, 1.807) is 12.1 Å². The highest BCUT2D eigenvalue weighted by molar-refractivity contribution is 5.22. The number of hydrogen-bond donors (Lipinski definition) is 1. The monoisotopic (exact) mass is 257 g/mol. The van der Waals surface area contributed by atoms with E-state index in [2.05, 4.69) is 31.2 Å². The Morgan fingerprint density at radius 1 is 1.05 bits per heavy atom. The fraction of sp³-hybridized carbons (Fsp3) is 0.294. The first kappa shape index (κ1) is 13.8. The lowest BCUT2D eigenvalue weighted by Gasteiger charge is -2.12. The van der Waals surface area contributed by atoms with Gasteiger partial charge in [-0.25, -0.2) is 4.39 Å². The Morgan fingerprint density at radius 2 is 1.79 bits per heavy atom. The van der Waals surface area contributed by atoms with Gasteiger partial charge in [0.1, 0.15) is 5.82 Å². The molecule has 0 aliphatic heterocycles. The van der Waals surface area contributed by atoms with Gasteiger partial charge in [-0.05, 0) is 49.4 Å². The van der Waals surface area contributed by atoms with Crippen molar-refractivity contribution in [1.82, 2.24) is 0 Å². The van der Waals surface area contributed by atoms with E-state index in [4.69, 9.17) is 5.73 Å². The lowest BCUT2D eigenvalue weighted by atomic mass is 9.99. The molecule has 2 aromatic carbocycles. The predicted molar refractivity (Wildman–Crippen MR) is 77.6 cm³/mol. The molecule has 1 nitrogen and oxygen atoms in total. The minimum Gasteiger partial charge on any atom is -0.327 e. The molecule has 2 heteroatoms. The van der Waals surface area contributed by atoms with E-state index >= 15 is 0 Å².